The Kier molecular flexibility index (Phi) is 6.62. The standard InChI is InChI=1S/C31H37N3O3/c1-19-14-23-16-22(20-6-7-20)17-26(27-5-2-12-32-27)30(23)33-28(15-19)31(37)34-13-3-4-25(29(36)18-34)21-8-10-24(35)11-9-21/h2,5,12,15-17,20-21,24-25,32,35H,3-4,6-11,13-14,18H2,1H3. The van der Waals surface area contributed by atoms with E-state index in [0.29, 0.717) is 24.1 Å². The molecular weight excluding hydrogens is 462 g/mol. The highest BCUT2D eigenvalue weighted by atomic mass is 16.3. The Labute approximate surface area is 218 Å². The molecule has 37 heavy (non-hydrogen) atoms. The number of Topliss-reactive ketones (excluding diaryl/α,β-unsaturated/α-hetero) is 1. The summed E-state index contributed by atoms with van der Waals surface area (Å²) in [4.78, 5) is 37.2. The van der Waals surface area contributed by atoms with Crippen LogP contribution in [-0.4, -0.2) is 51.6 Å². The first-order valence-corrected chi connectivity index (χ1v) is 14.0. The number of ketones is 1. The van der Waals surface area contributed by atoms with Crippen molar-refractivity contribution in [2.45, 2.75) is 76.7 Å². The molecular formula is C31H37N3O3. The minimum Gasteiger partial charge on any atom is -0.393 e. The van der Waals surface area contributed by atoms with Crippen LogP contribution in [0.4, 0.5) is 5.69 Å². The fourth-order valence-corrected chi connectivity index (χ4v) is 6.57. The van der Waals surface area contributed by atoms with Gasteiger partial charge in [0.1, 0.15) is 5.71 Å². The van der Waals surface area contributed by atoms with Crippen molar-refractivity contribution in [1.29, 1.82) is 0 Å². The van der Waals surface area contributed by atoms with Gasteiger partial charge < -0.3 is 15.0 Å². The zero-order valence-corrected chi connectivity index (χ0v) is 21.7. The molecule has 2 saturated carbocycles. The van der Waals surface area contributed by atoms with E-state index in [2.05, 4.69) is 30.1 Å². The number of H-pyrrole nitrogens is 1. The summed E-state index contributed by atoms with van der Waals surface area (Å²) in [6.45, 7) is 2.81. The second kappa shape index (κ2) is 10.1. The number of nitrogens with one attached hydrogen (secondary N) is 1. The summed E-state index contributed by atoms with van der Waals surface area (Å²) < 4.78 is 0. The number of aliphatic imine (C=N–C) groups is 1. The van der Waals surface area contributed by atoms with Crippen LogP contribution in [0.3, 0.4) is 0 Å². The Hall–Kier alpha value is -2.99. The average Bonchev–Trinajstić information content (AvgIpc) is 3.66. The quantitative estimate of drug-likeness (QED) is 0.583. The fraction of sp³-hybridized carbons (Fsp3) is 0.516. The molecule has 6 rings (SSSR count). The number of amides is 1. The van der Waals surface area contributed by atoms with E-state index < -0.39 is 0 Å². The Morgan fingerprint density at radius 1 is 1.11 bits per heavy atom. The minimum atomic E-state index is -0.224. The monoisotopic (exact) mass is 499 g/mol. The third-order valence-corrected chi connectivity index (χ3v) is 8.75. The number of allylic oxidation sites excluding steroid dienone is 1. The highest BCUT2D eigenvalue weighted by Crippen LogP contribution is 2.45. The van der Waals surface area contributed by atoms with Gasteiger partial charge in [0, 0.05) is 29.9 Å². The van der Waals surface area contributed by atoms with Gasteiger partial charge >= 0.3 is 0 Å². The number of carbonyl (C=O) groups excluding carboxylic acids is 2. The number of aromatic amines is 1. The predicted octanol–water partition coefficient (Wildman–Crippen LogP) is 5.49. The van der Waals surface area contributed by atoms with E-state index in [0.717, 1.165) is 73.0 Å². The van der Waals surface area contributed by atoms with E-state index in [-0.39, 0.29) is 30.3 Å². The lowest BCUT2D eigenvalue weighted by molar-refractivity contribution is -0.132. The van der Waals surface area contributed by atoms with E-state index in [1.54, 1.807) is 4.90 Å². The van der Waals surface area contributed by atoms with Gasteiger partial charge in [-0.15, -0.1) is 0 Å². The molecule has 3 heterocycles. The molecule has 2 aliphatic carbocycles. The number of benzene rings is 1. The molecule has 2 aliphatic heterocycles. The van der Waals surface area contributed by atoms with Crippen LogP contribution in [0.5, 0.6) is 0 Å². The maximum atomic E-state index is 13.8. The Balaban J connectivity index is 1.29. The molecule has 6 nitrogen and oxygen atoms in total. The lowest BCUT2D eigenvalue weighted by Gasteiger charge is -2.30. The van der Waals surface area contributed by atoms with Crippen LogP contribution in [0, 0.1) is 11.8 Å². The number of carbonyl (C=O) groups is 2. The van der Waals surface area contributed by atoms with Gasteiger partial charge in [-0.1, -0.05) is 11.6 Å². The molecule has 1 amide bonds. The third kappa shape index (κ3) is 5.08. The fourth-order valence-electron chi connectivity index (χ4n) is 6.57. The van der Waals surface area contributed by atoms with Crippen molar-refractivity contribution < 1.29 is 14.7 Å². The van der Waals surface area contributed by atoms with Crippen LogP contribution in [0.15, 0.2) is 47.1 Å². The summed E-state index contributed by atoms with van der Waals surface area (Å²) >= 11 is 0. The van der Waals surface area contributed by atoms with E-state index in [1.807, 2.05) is 18.3 Å². The molecule has 1 atom stereocenters. The van der Waals surface area contributed by atoms with Gasteiger partial charge in [-0.25, -0.2) is 4.99 Å². The SMILES string of the molecule is CC1=CC(C(=O)N2CCCC(C3CCC(O)CC3)C(=O)C2)=Nc2c(cc(C3CC3)cc2-c2ccc[nH]2)C1. The van der Waals surface area contributed by atoms with E-state index >= 15 is 0 Å². The highest BCUT2D eigenvalue weighted by molar-refractivity contribution is 6.44. The molecule has 0 radical (unpaired) electrons. The first-order valence-electron chi connectivity index (χ1n) is 14.0. The maximum Gasteiger partial charge on any atom is 0.272 e. The van der Waals surface area contributed by atoms with Gasteiger partial charge in [0.05, 0.1) is 18.3 Å². The minimum absolute atomic E-state index is 0.000276. The molecule has 0 bridgehead atoms. The number of aliphatic hydroxyl groups is 1. The molecule has 2 N–H and O–H groups in total. The largest absolute Gasteiger partial charge is 0.393 e. The summed E-state index contributed by atoms with van der Waals surface area (Å²) in [6, 6.07) is 8.59. The molecule has 4 aliphatic rings. The Morgan fingerprint density at radius 2 is 1.92 bits per heavy atom. The van der Waals surface area contributed by atoms with Gasteiger partial charge in [-0.05, 0) is 112 Å². The van der Waals surface area contributed by atoms with Crippen LogP contribution in [0.1, 0.15) is 75.3 Å². The first-order chi connectivity index (χ1) is 18.0. The number of aromatic nitrogens is 1. The lowest BCUT2D eigenvalue weighted by atomic mass is 9.75. The predicted molar refractivity (Wildman–Crippen MR) is 145 cm³/mol. The highest BCUT2D eigenvalue weighted by Gasteiger charge is 2.35. The smallest absolute Gasteiger partial charge is 0.272 e. The zero-order valence-electron chi connectivity index (χ0n) is 21.7. The van der Waals surface area contributed by atoms with Gasteiger partial charge in [-0.3, -0.25) is 9.59 Å². The van der Waals surface area contributed by atoms with Crippen molar-refractivity contribution in [3.05, 3.63) is 53.2 Å². The van der Waals surface area contributed by atoms with Crippen molar-refractivity contribution in [3.63, 3.8) is 0 Å². The summed E-state index contributed by atoms with van der Waals surface area (Å²) in [6.07, 6.45) is 11.9. The number of likely N-dealkylation sites (tertiary alicyclic amines) is 1. The van der Waals surface area contributed by atoms with Crippen molar-refractivity contribution in [1.82, 2.24) is 9.88 Å². The molecule has 0 spiro atoms. The van der Waals surface area contributed by atoms with E-state index in [1.165, 1.54) is 18.4 Å². The van der Waals surface area contributed by atoms with Crippen LogP contribution in [0.2, 0.25) is 0 Å². The number of hydrogen-bond donors (Lipinski definition) is 2. The summed E-state index contributed by atoms with van der Waals surface area (Å²) in [5.74, 6) is 0.978. The number of hydrogen-bond acceptors (Lipinski definition) is 4. The second-order valence-corrected chi connectivity index (χ2v) is 11.6. The van der Waals surface area contributed by atoms with Crippen LogP contribution in [-0.2, 0) is 16.0 Å². The average molecular weight is 500 g/mol. The molecule has 1 aromatic carbocycles. The van der Waals surface area contributed by atoms with Crippen molar-refractivity contribution >= 4 is 23.1 Å². The second-order valence-electron chi connectivity index (χ2n) is 11.6. The number of rotatable bonds is 4. The van der Waals surface area contributed by atoms with Gasteiger partial charge in [0.25, 0.3) is 5.91 Å². The van der Waals surface area contributed by atoms with Crippen LogP contribution in [0.25, 0.3) is 11.3 Å². The van der Waals surface area contributed by atoms with Crippen LogP contribution < -0.4 is 0 Å². The maximum absolute atomic E-state index is 13.8. The summed E-state index contributed by atoms with van der Waals surface area (Å²) in [7, 11) is 0. The van der Waals surface area contributed by atoms with Crippen molar-refractivity contribution in [2.24, 2.45) is 16.8 Å². The number of nitrogens with zero attached hydrogens (tertiary/aromatic N) is 2. The molecule has 3 fully saturated rings. The lowest BCUT2D eigenvalue weighted by Crippen LogP contribution is -2.40. The molecule has 1 saturated heterocycles. The molecule has 194 valence electrons. The molecule has 6 heteroatoms. The van der Waals surface area contributed by atoms with Gasteiger partial charge in [-0.2, -0.15) is 0 Å². The summed E-state index contributed by atoms with van der Waals surface area (Å²) in [5, 5.41) is 9.89. The van der Waals surface area contributed by atoms with Crippen LogP contribution >= 0.6 is 0 Å². The topological polar surface area (TPSA) is 85.8 Å². The Morgan fingerprint density at radius 3 is 2.65 bits per heavy atom. The van der Waals surface area contributed by atoms with E-state index in [4.69, 9.17) is 4.99 Å². The molecule has 1 aromatic heterocycles. The molecule has 2 aromatic rings. The first kappa shape index (κ1) is 24.4. The van der Waals surface area contributed by atoms with Gasteiger partial charge in [0.15, 0.2) is 5.78 Å². The number of aliphatic hydroxyl groups excluding tert-OH is 1. The third-order valence-electron chi connectivity index (χ3n) is 8.75. The van der Waals surface area contributed by atoms with Gasteiger partial charge in [0.2, 0.25) is 0 Å². The normalized spacial score (nSPS) is 26.6. The van der Waals surface area contributed by atoms with Crippen molar-refractivity contribution in [2.75, 3.05) is 13.1 Å². The van der Waals surface area contributed by atoms with E-state index in [9.17, 15) is 14.7 Å². The van der Waals surface area contributed by atoms with Crippen molar-refractivity contribution in [3.8, 4) is 11.3 Å². The zero-order chi connectivity index (χ0) is 25.5. The summed E-state index contributed by atoms with van der Waals surface area (Å²) in [5.41, 5.74) is 6.98. The Bertz CT molecular complexity index is 1250. The molecule has 1 unspecified atom stereocenters. The number of fused-ring (bicyclic) bond motifs is 1.